The van der Waals surface area contributed by atoms with Crippen LogP contribution >= 0.6 is 11.6 Å². The molecule has 0 bridgehead atoms. The number of fused-ring (bicyclic) bond motifs is 3. The van der Waals surface area contributed by atoms with Crippen LogP contribution in [0.1, 0.15) is 22.6 Å². The van der Waals surface area contributed by atoms with Gasteiger partial charge in [-0.1, -0.05) is 41.0 Å². The van der Waals surface area contributed by atoms with Gasteiger partial charge in [0.05, 0.1) is 17.0 Å². The number of nitrogens with zero attached hydrogens (tertiary/aromatic N) is 3. The molecule has 2 N–H and O–H groups in total. The molecule has 1 aliphatic rings. The van der Waals surface area contributed by atoms with Gasteiger partial charge in [-0.25, -0.2) is 4.98 Å². The molecule has 0 saturated heterocycles. The van der Waals surface area contributed by atoms with Crippen molar-refractivity contribution in [1.82, 2.24) is 10.1 Å². The first-order valence-electron chi connectivity index (χ1n) is 9.22. The molecule has 0 fully saturated rings. The van der Waals surface area contributed by atoms with Gasteiger partial charge in [0.2, 0.25) is 0 Å². The Morgan fingerprint density at radius 3 is 2.45 bits per heavy atom. The van der Waals surface area contributed by atoms with E-state index in [9.17, 15) is 0 Å². The number of hydrogen-bond acceptors (Lipinski definition) is 5. The summed E-state index contributed by atoms with van der Waals surface area (Å²) in [4.78, 5) is 9.09. The van der Waals surface area contributed by atoms with E-state index >= 15 is 0 Å². The summed E-state index contributed by atoms with van der Waals surface area (Å²) in [5, 5.41) is 4.84. The standard InChI is InChI=1S/C23H17ClN4O/c1-13-22-18-8-4-15(16-5-9-21(25)26-11-16)10-19(18)23(27-12-20(22)29-28-13)14-2-6-17(24)7-3-14/h2-11H,12H2,1H3,(H2,25,26). The van der Waals surface area contributed by atoms with Crippen molar-refractivity contribution >= 4 is 23.1 Å². The van der Waals surface area contributed by atoms with E-state index in [0.717, 1.165) is 50.5 Å². The van der Waals surface area contributed by atoms with Crippen molar-refractivity contribution < 1.29 is 4.52 Å². The summed E-state index contributed by atoms with van der Waals surface area (Å²) in [5.74, 6) is 1.27. The first kappa shape index (κ1) is 17.6. The van der Waals surface area contributed by atoms with Crippen molar-refractivity contribution in [2.24, 2.45) is 4.99 Å². The Kier molecular flexibility index (Phi) is 4.18. The number of aryl methyl sites for hydroxylation is 1. The topological polar surface area (TPSA) is 77.3 Å². The SMILES string of the molecule is Cc1noc2c1-c1ccc(-c3ccc(N)nc3)cc1C(c1ccc(Cl)cc1)=NC2. The molecule has 0 unspecified atom stereocenters. The lowest BCUT2D eigenvalue weighted by atomic mass is 9.90. The fourth-order valence-corrected chi connectivity index (χ4v) is 3.80. The molecule has 3 heterocycles. The van der Waals surface area contributed by atoms with Crippen LogP contribution in [-0.4, -0.2) is 15.9 Å². The Morgan fingerprint density at radius 1 is 0.931 bits per heavy atom. The summed E-state index contributed by atoms with van der Waals surface area (Å²) in [6.45, 7) is 2.39. The number of nitrogens with two attached hydrogens (primary N) is 1. The van der Waals surface area contributed by atoms with Gasteiger partial charge in [0.1, 0.15) is 12.4 Å². The molecule has 5 nitrogen and oxygen atoms in total. The highest BCUT2D eigenvalue weighted by Crippen LogP contribution is 2.37. The van der Waals surface area contributed by atoms with Crippen molar-refractivity contribution in [2.75, 3.05) is 5.73 Å². The molecule has 0 amide bonds. The van der Waals surface area contributed by atoms with Gasteiger partial charge in [0, 0.05) is 27.9 Å². The maximum atomic E-state index is 6.10. The smallest absolute Gasteiger partial charge is 0.166 e. The van der Waals surface area contributed by atoms with E-state index in [1.165, 1.54) is 0 Å². The van der Waals surface area contributed by atoms with Gasteiger partial charge >= 0.3 is 0 Å². The average Bonchev–Trinajstić information content (AvgIpc) is 3.01. The third-order valence-corrected chi connectivity index (χ3v) is 5.35. The van der Waals surface area contributed by atoms with E-state index in [0.29, 0.717) is 17.4 Å². The third-order valence-electron chi connectivity index (χ3n) is 5.10. The van der Waals surface area contributed by atoms with E-state index in [-0.39, 0.29) is 0 Å². The van der Waals surface area contributed by atoms with E-state index in [1.807, 2.05) is 37.3 Å². The van der Waals surface area contributed by atoms with Crippen LogP contribution in [-0.2, 0) is 6.54 Å². The normalized spacial score (nSPS) is 12.7. The lowest BCUT2D eigenvalue weighted by Crippen LogP contribution is -2.05. The molecule has 0 saturated carbocycles. The summed E-state index contributed by atoms with van der Waals surface area (Å²) in [5.41, 5.74) is 13.6. The van der Waals surface area contributed by atoms with E-state index in [1.54, 1.807) is 12.3 Å². The maximum absolute atomic E-state index is 6.10. The van der Waals surface area contributed by atoms with E-state index in [2.05, 4.69) is 28.3 Å². The number of aromatic nitrogens is 2. The number of aliphatic imine (C=N–C) groups is 1. The van der Waals surface area contributed by atoms with Crippen LogP contribution in [0.25, 0.3) is 22.3 Å². The van der Waals surface area contributed by atoms with Crippen LogP contribution in [0.4, 0.5) is 5.82 Å². The largest absolute Gasteiger partial charge is 0.384 e. The summed E-state index contributed by atoms with van der Waals surface area (Å²) < 4.78 is 5.55. The molecule has 2 aromatic carbocycles. The van der Waals surface area contributed by atoms with Gasteiger partial charge in [0.15, 0.2) is 5.76 Å². The Balaban J connectivity index is 1.74. The third kappa shape index (κ3) is 3.09. The highest BCUT2D eigenvalue weighted by Gasteiger charge is 2.24. The molecule has 0 atom stereocenters. The number of pyridine rings is 1. The van der Waals surface area contributed by atoms with Crippen LogP contribution in [0.2, 0.25) is 5.02 Å². The zero-order valence-electron chi connectivity index (χ0n) is 15.7. The predicted octanol–water partition coefficient (Wildman–Crippen LogP) is 5.30. The van der Waals surface area contributed by atoms with E-state index < -0.39 is 0 Å². The predicted molar refractivity (Wildman–Crippen MR) is 115 cm³/mol. The fraction of sp³-hybridized carbons (Fsp3) is 0.0870. The summed E-state index contributed by atoms with van der Waals surface area (Å²) in [6.07, 6.45) is 1.78. The zero-order valence-corrected chi connectivity index (χ0v) is 16.4. The highest BCUT2D eigenvalue weighted by molar-refractivity contribution is 6.30. The quantitative estimate of drug-likeness (QED) is 0.495. The first-order valence-corrected chi connectivity index (χ1v) is 9.60. The fourth-order valence-electron chi connectivity index (χ4n) is 3.67. The Hall–Kier alpha value is -3.44. The van der Waals surface area contributed by atoms with Crippen molar-refractivity contribution in [2.45, 2.75) is 13.5 Å². The minimum Gasteiger partial charge on any atom is -0.384 e. The second kappa shape index (κ2) is 6.87. The van der Waals surface area contributed by atoms with Crippen molar-refractivity contribution in [3.05, 3.63) is 88.4 Å². The van der Waals surface area contributed by atoms with Crippen LogP contribution in [0.15, 0.2) is 70.3 Å². The Bertz CT molecular complexity index is 1240. The van der Waals surface area contributed by atoms with Crippen molar-refractivity contribution in [3.8, 4) is 22.3 Å². The maximum Gasteiger partial charge on any atom is 0.166 e. The van der Waals surface area contributed by atoms with Crippen LogP contribution < -0.4 is 5.73 Å². The van der Waals surface area contributed by atoms with Gasteiger partial charge in [-0.05, 0) is 48.4 Å². The van der Waals surface area contributed by atoms with E-state index in [4.69, 9.17) is 26.9 Å². The van der Waals surface area contributed by atoms with Gasteiger partial charge in [-0.3, -0.25) is 4.99 Å². The molecule has 2 aromatic heterocycles. The number of benzene rings is 2. The second-order valence-corrected chi connectivity index (χ2v) is 7.41. The first-order chi connectivity index (χ1) is 14.1. The molecule has 0 spiro atoms. The summed E-state index contributed by atoms with van der Waals surface area (Å²) in [6, 6.07) is 17.8. The number of hydrogen-bond donors (Lipinski definition) is 1. The van der Waals surface area contributed by atoms with Crippen LogP contribution in [0, 0.1) is 6.92 Å². The lowest BCUT2D eigenvalue weighted by molar-refractivity contribution is 0.382. The van der Waals surface area contributed by atoms with Crippen molar-refractivity contribution in [1.29, 1.82) is 0 Å². The number of rotatable bonds is 2. The molecule has 1 aliphatic heterocycles. The minimum absolute atomic E-state index is 0.432. The average molecular weight is 401 g/mol. The molecule has 6 heteroatoms. The van der Waals surface area contributed by atoms with Crippen molar-refractivity contribution in [3.63, 3.8) is 0 Å². The summed E-state index contributed by atoms with van der Waals surface area (Å²) in [7, 11) is 0. The number of nitrogen functional groups attached to an aromatic ring is 1. The monoisotopic (exact) mass is 400 g/mol. The molecule has 5 rings (SSSR count). The molecular weight excluding hydrogens is 384 g/mol. The van der Waals surface area contributed by atoms with Crippen LogP contribution in [0.5, 0.6) is 0 Å². The molecule has 0 aliphatic carbocycles. The van der Waals surface area contributed by atoms with Gasteiger partial charge < -0.3 is 10.3 Å². The number of anilines is 1. The zero-order chi connectivity index (χ0) is 20.0. The molecule has 4 aromatic rings. The van der Waals surface area contributed by atoms with Gasteiger partial charge in [-0.15, -0.1) is 0 Å². The molecular formula is C23H17ClN4O. The second-order valence-electron chi connectivity index (χ2n) is 6.97. The summed E-state index contributed by atoms with van der Waals surface area (Å²) >= 11 is 6.10. The highest BCUT2D eigenvalue weighted by atomic mass is 35.5. The lowest BCUT2D eigenvalue weighted by Gasteiger charge is -2.13. The van der Waals surface area contributed by atoms with Crippen LogP contribution in [0.3, 0.4) is 0 Å². The molecule has 142 valence electrons. The Morgan fingerprint density at radius 2 is 1.69 bits per heavy atom. The minimum atomic E-state index is 0.432. The molecule has 29 heavy (non-hydrogen) atoms. The van der Waals surface area contributed by atoms with Gasteiger partial charge in [0.25, 0.3) is 0 Å². The Labute approximate surface area is 172 Å². The van der Waals surface area contributed by atoms with Gasteiger partial charge in [-0.2, -0.15) is 0 Å². The molecule has 0 radical (unpaired) electrons. The number of halogens is 1.